The molecule has 24 heavy (non-hydrogen) atoms. The molecule has 0 bridgehead atoms. The number of amides is 1. The van der Waals surface area contributed by atoms with E-state index in [9.17, 15) is 4.79 Å². The Bertz CT molecular complexity index is 387. The van der Waals surface area contributed by atoms with Gasteiger partial charge in [0.05, 0.1) is 6.04 Å². The SMILES string of the molecule is CC1CCCC(CN2CCCC(CNC(=O)C3CCCN3)C2)C1.Cl. The number of likely N-dealkylation sites (tertiary alicyclic amines) is 1. The van der Waals surface area contributed by atoms with Gasteiger partial charge in [0.25, 0.3) is 0 Å². The molecule has 0 aromatic heterocycles. The Balaban J connectivity index is 0.00000208. The lowest BCUT2D eigenvalue weighted by Crippen LogP contribution is -2.46. The van der Waals surface area contributed by atoms with Gasteiger partial charge in [0.1, 0.15) is 0 Å². The van der Waals surface area contributed by atoms with Crippen molar-refractivity contribution in [3.63, 3.8) is 0 Å². The van der Waals surface area contributed by atoms with Crippen LogP contribution in [0.3, 0.4) is 0 Å². The number of piperidine rings is 1. The third-order valence-electron chi connectivity index (χ3n) is 6.11. The number of nitrogens with zero attached hydrogens (tertiary/aromatic N) is 1. The topological polar surface area (TPSA) is 44.4 Å². The molecule has 2 aliphatic heterocycles. The zero-order valence-electron chi connectivity index (χ0n) is 15.3. The molecule has 0 spiro atoms. The number of rotatable bonds is 5. The molecule has 140 valence electrons. The highest BCUT2D eigenvalue weighted by molar-refractivity contribution is 5.85. The molecule has 4 unspecified atom stereocenters. The van der Waals surface area contributed by atoms with Crippen LogP contribution in [0.4, 0.5) is 0 Å². The molecular weight excluding hydrogens is 322 g/mol. The Morgan fingerprint density at radius 1 is 1.12 bits per heavy atom. The summed E-state index contributed by atoms with van der Waals surface area (Å²) in [6.07, 6.45) is 10.4. The van der Waals surface area contributed by atoms with Crippen molar-refractivity contribution in [3.8, 4) is 0 Å². The summed E-state index contributed by atoms with van der Waals surface area (Å²) in [5.41, 5.74) is 0. The number of hydrogen-bond acceptors (Lipinski definition) is 3. The summed E-state index contributed by atoms with van der Waals surface area (Å²) in [4.78, 5) is 14.8. The molecule has 2 saturated heterocycles. The molecule has 1 aliphatic carbocycles. The summed E-state index contributed by atoms with van der Waals surface area (Å²) in [7, 11) is 0. The van der Waals surface area contributed by atoms with E-state index < -0.39 is 0 Å². The molecule has 4 nitrogen and oxygen atoms in total. The summed E-state index contributed by atoms with van der Waals surface area (Å²) >= 11 is 0. The minimum absolute atomic E-state index is 0. The van der Waals surface area contributed by atoms with E-state index in [0.717, 1.165) is 37.8 Å². The van der Waals surface area contributed by atoms with Crippen LogP contribution >= 0.6 is 12.4 Å². The highest BCUT2D eigenvalue weighted by Crippen LogP contribution is 2.30. The number of carbonyl (C=O) groups excluding carboxylic acids is 1. The third-order valence-corrected chi connectivity index (χ3v) is 6.11. The predicted molar refractivity (Wildman–Crippen MR) is 102 cm³/mol. The monoisotopic (exact) mass is 357 g/mol. The minimum Gasteiger partial charge on any atom is -0.354 e. The second kappa shape index (κ2) is 9.98. The molecule has 1 saturated carbocycles. The highest BCUT2D eigenvalue weighted by Gasteiger charge is 2.27. The Hall–Kier alpha value is -0.320. The quantitative estimate of drug-likeness (QED) is 0.795. The lowest BCUT2D eigenvalue weighted by molar-refractivity contribution is -0.123. The molecule has 4 atom stereocenters. The van der Waals surface area contributed by atoms with E-state index in [0.29, 0.717) is 5.92 Å². The Morgan fingerprint density at radius 2 is 1.96 bits per heavy atom. The number of hydrogen-bond donors (Lipinski definition) is 2. The van der Waals surface area contributed by atoms with Crippen LogP contribution in [0.1, 0.15) is 58.3 Å². The smallest absolute Gasteiger partial charge is 0.237 e. The van der Waals surface area contributed by atoms with Crippen LogP contribution in [0.25, 0.3) is 0 Å². The van der Waals surface area contributed by atoms with Crippen LogP contribution < -0.4 is 10.6 Å². The van der Waals surface area contributed by atoms with Gasteiger partial charge in [-0.15, -0.1) is 12.4 Å². The lowest BCUT2D eigenvalue weighted by atomic mass is 9.82. The molecule has 1 amide bonds. The largest absolute Gasteiger partial charge is 0.354 e. The molecule has 5 heteroatoms. The van der Waals surface area contributed by atoms with E-state index in [-0.39, 0.29) is 24.4 Å². The van der Waals surface area contributed by atoms with E-state index in [2.05, 4.69) is 22.5 Å². The van der Waals surface area contributed by atoms with Gasteiger partial charge in [-0.1, -0.05) is 19.8 Å². The maximum Gasteiger partial charge on any atom is 0.237 e. The van der Waals surface area contributed by atoms with Crippen molar-refractivity contribution in [2.45, 2.75) is 64.3 Å². The number of carbonyl (C=O) groups is 1. The van der Waals surface area contributed by atoms with Crippen LogP contribution in [-0.4, -0.2) is 49.6 Å². The summed E-state index contributed by atoms with van der Waals surface area (Å²) in [5, 5.41) is 6.49. The fourth-order valence-corrected chi connectivity index (χ4v) is 4.85. The molecule has 0 radical (unpaired) electrons. The molecule has 3 rings (SSSR count). The molecule has 3 fully saturated rings. The zero-order chi connectivity index (χ0) is 16.1. The van der Waals surface area contributed by atoms with Gasteiger partial charge >= 0.3 is 0 Å². The number of nitrogens with one attached hydrogen (secondary N) is 2. The molecule has 0 aromatic rings. The maximum absolute atomic E-state index is 12.1. The first-order valence-corrected chi connectivity index (χ1v) is 9.94. The summed E-state index contributed by atoms with van der Waals surface area (Å²) in [5.74, 6) is 2.71. The molecule has 2 heterocycles. The van der Waals surface area contributed by atoms with Crippen LogP contribution in [0.5, 0.6) is 0 Å². The second-order valence-corrected chi connectivity index (χ2v) is 8.30. The van der Waals surface area contributed by atoms with Gasteiger partial charge in [-0.05, 0) is 69.4 Å². The van der Waals surface area contributed by atoms with E-state index >= 15 is 0 Å². The average molecular weight is 358 g/mol. The van der Waals surface area contributed by atoms with Crippen LogP contribution in [-0.2, 0) is 4.79 Å². The molecule has 0 aromatic carbocycles. The van der Waals surface area contributed by atoms with E-state index in [4.69, 9.17) is 0 Å². The van der Waals surface area contributed by atoms with Crippen molar-refractivity contribution in [2.24, 2.45) is 17.8 Å². The van der Waals surface area contributed by atoms with Gasteiger partial charge in [0.2, 0.25) is 5.91 Å². The normalized spacial score (nSPS) is 34.5. The number of halogens is 1. The highest BCUT2D eigenvalue weighted by atomic mass is 35.5. The average Bonchev–Trinajstić information content (AvgIpc) is 3.07. The van der Waals surface area contributed by atoms with Crippen LogP contribution in [0.2, 0.25) is 0 Å². The second-order valence-electron chi connectivity index (χ2n) is 8.30. The van der Waals surface area contributed by atoms with E-state index in [1.54, 1.807) is 0 Å². The van der Waals surface area contributed by atoms with E-state index in [1.807, 2.05) is 0 Å². The maximum atomic E-state index is 12.1. The molecule has 3 aliphatic rings. The van der Waals surface area contributed by atoms with Gasteiger partial charge in [-0.3, -0.25) is 4.79 Å². The first-order chi connectivity index (χ1) is 11.2. The minimum atomic E-state index is 0. The Morgan fingerprint density at radius 3 is 2.71 bits per heavy atom. The van der Waals surface area contributed by atoms with Crippen molar-refractivity contribution < 1.29 is 4.79 Å². The zero-order valence-corrected chi connectivity index (χ0v) is 16.1. The molecular formula is C19H36ClN3O. The fourth-order valence-electron chi connectivity index (χ4n) is 4.85. The summed E-state index contributed by atoms with van der Waals surface area (Å²) in [6, 6.07) is 0.0680. The lowest BCUT2D eigenvalue weighted by Gasteiger charge is -2.37. The van der Waals surface area contributed by atoms with Gasteiger partial charge < -0.3 is 15.5 Å². The van der Waals surface area contributed by atoms with Crippen molar-refractivity contribution in [3.05, 3.63) is 0 Å². The predicted octanol–water partition coefficient (Wildman–Crippen LogP) is 2.81. The van der Waals surface area contributed by atoms with Gasteiger partial charge in [0, 0.05) is 19.6 Å². The van der Waals surface area contributed by atoms with Crippen molar-refractivity contribution in [2.75, 3.05) is 32.7 Å². The van der Waals surface area contributed by atoms with Gasteiger partial charge in [-0.2, -0.15) is 0 Å². The third kappa shape index (κ3) is 5.89. The fraction of sp³-hybridized carbons (Fsp3) is 0.947. The Labute approximate surface area is 153 Å². The van der Waals surface area contributed by atoms with Crippen LogP contribution in [0.15, 0.2) is 0 Å². The van der Waals surface area contributed by atoms with Crippen LogP contribution in [0, 0.1) is 17.8 Å². The molecule has 2 N–H and O–H groups in total. The van der Waals surface area contributed by atoms with Crippen molar-refractivity contribution in [1.82, 2.24) is 15.5 Å². The Kier molecular flexibility index (Phi) is 8.32. The first-order valence-electron chi connectivity index (χ1n) is 9.94. The summed E-state index contributed by atoms with van der Waals surface area (Å²) < 4.78 is 0. The first kappa shape index (κ1) is 20.0. The van der Waals surface area contributed by atoms with Gasteiger partial charge in [-0.25, -0.2) is 0 Å². The van der Waals surface area contributed by atoms with Gasteiger partial charge in [0.15, 0.2) is 0 Å². The summed E-state index contributed by atoms with van der Waals surface area (Å²) in [6.45, 7) is 8.02. The standard InChI is InChI=1S/C19H35N3O.ClH/c1-15-5-2-6-16(11-15)13-22-10-4-7-17(14-22)12-21-19(23)18-8-3-9-20-18;/h15-18,20H,2-14H2,1H3,(H,21,23);1H. The van der Waals surface area contributed by atoms with E-state index in [1.165, 1.54) is 58.2 Å². The van der Waals surface area contributed by atoms with Crippen molar-refractivity contribution in [1.29, 1.82) is 0 Å². The van der Waals surface area contributed by atoms with Crippen molar-refractivity contribution >= 4 is 18.3 Å².